The lowest BCUT2D eigenvalue weighted by atomic mass is 9.64. The summed E-state index contributed by atoms with van der Waals surface area (Å²) in [4.78, 5) is 31.6. The van der Waals surface area contributed by atoms with Gasteiger partial charge in [-0.25, -0.2) is 4.58 Å². The van der Waals surface area contributed by atoms with E-state index < -0.39 is 0 Å². The van der Waals surface area contributed by atoms with Crippen molar-refractivity contribution < 1.29 is 14.7 Å². The van der Waals surface area contributed by atoms with Crippen molar-refractivity contribution in [3.05, 3.63) is 110 Å². The summed E-state index contributed by atoms with van der Waals surface area (Å²) in [5.74, 6) is 0.601. The molecule has 1 aliphatic carbocycles. The molecule has 0 radical (unpaired) electrons. The van der Waals surface area contributed by atoms with Gasteiger partial charge in [-0.05, 0) is 128 Å². The number of nitrogens with zero attached hydrogens (tertiary/aromatic N) is 3. The van der Waals surface area contributed by atoms with Gasteiger partial charge >= 0.3 is 0 Å². The minimum Gasteiger partial charge on any atom is -0.392 e. The van der Waals surface area contributed by atoms with Gasteiger partial charge in [-0.2, -0.15) is 0 Å². The highest BCUT2D eigenvalue weighted by Crippen LogP contribution is 2.50. The average Bonchev–Trinajstić information content (AvgIpc) is 3.14. The molecule has 1 amide bonds. The molecule has 6 nitrogen and oxygen atoms in total. The van der Waals surface area contributed by atoms with E-state index in [0.29, 0.717) is 44.6 Å². The zero-order chi connectivity index (χ0) is 38.5. The third-order valence-corrected chi connectivity index (χ3v) is 13.1. The van der Waals surface area contributed by atoms with Crippen molar-refractivity contribution in [3.63, 3.8) is 0 Å². The fourth-order valence-corrected chi connectivity index (χ4v) is 10.6. The molecule has 6 heteroatoms. The number of fused-ring (bicyclic) bond motifs is 4. The van der Waals surface area contributed by atoms with E-state index in [2.05, 4.69) is 87.9 Å². The van der Waals surface area contributed by atoms with E-state index >= 15 is 0 Å². The summed E-state index contributed by atoms with van der Waals surface area (Å²) in [6.45, 7) is 21.9. The van der Waals surface area contributed by atoms with Crippen molar-refractivity contribution >= 4 is 23.0 Å². The third-order valence-electron chi connectivity index (χ3n) is 13.1. The molecule has 1 N–H and O–H groups in total. The van der Waals surface area contributed by atoms with Gasteiger partial charge in [0.1, 0.15) is 18.9 Å². The second kappa shape index (κ2) is 14.9. The summed E-state index contributed by atoms with van der Waals surface area (Å²) in [6, 6.07) is 15.8. The smallest absolute Gasteiger partial charge is 0.254 e. The van der Waals surface area contributed by atoms with Crippen LogP contribution in [0.2, 0.25) is 0 Å². The maximum Gasteiger partial charge on any atom is 0.254 e. The van der Waals surface area contributed by atoms with Gasteiger partial charge in [0.05, 0.1) is 6.61 Å². The summed E-state index contributed by atoms with van der Waals surface area (Å²) >= 11 is 0. The SMILES string of the molecule is C=C(CO)CCCC(=O)CCCN(C)C(=O)c1ccccc1C1=c2cc3c4c(c2C(C)(C)c2cc5c(cc21)C(C)CC(C)(C)N5CC)CCC[N+]=4CCC3. The Hall–Kier alpha value is -4.03. The van der Waals surface area contributed by atoms with Crippen molar-refractivity contribution in [1.29, 1.82) is 0 Å². The van der Waals surface area contributed by atoms with Crippen LogP contribution in [0, 0.1) is 0 Å². The number of hydrogen-bond donors (Lipinski definition) is 1. The Bertz CT molecular complexity index is 2140. The van der Waals surface area contributed by atoms with Crippen LogP contribution in [-0.4, -0.2) is 67.1 Å². The summed E-state index contributed by atoms with van der Waals surface area (Å²) in [5, 5.41) is 12.0. The molecule has 54 heavy (non-hydrogen) atoms. The molecular weight excluding hydrogens is 667 g/mol. The summed E-state index contributed by atoms with van der Waals surface area (Å²) in [5.41, 5.74) is 13.3. The van der Waals surface area contributed by atoms with Crippen molar-refractivity contribution in [1.82, 2.24) is 9.48 Å². The van der Waals surface area contributed by atoms with E-state index in [-0.39, 0.29) is 29.3 Å². The predicted molar refractivity (Wildman–Crippen MR) is 221 cm³/mol. The maximum absolute atomic E-state index is 14.5. The molecule has 1 atom stereocenters. The summed E-state index contributed by atoms with van der Waals surface area (Å²) < 4.78 is 2.65. The molecule has 0 aromatic heterocycles. The van der Waals surface area contributed by atoms with Gasteiger partial charge in [-0.1, -0.05) is 51.1 Å². The number of carbonyl (C=O) groups excluding carboxylic acids is 2. The maximum atomic E-state index is 14.5. The Morgan fingerprint density at radius 3 is 2.44 bits per heavy atom. The second-order valence-electron chi connectivity index (χ2n) is 17.8. The second-order valence-corrected chi connectivity index (χ2v) is 17.8. The number of rotatable bonds is 12. The minimum absolute atomic E-state index is 0.00608. The number of carbonyl (C=O) groups is 2. The molecule has 1 unspecified atom stereocenters. The number of aliphatic hydroxyl groups is 1. The topological polar surface area (TPSA) is 63.9 Å². The molecule has 0 bridgehead atoms. The van der Waals surface area contributed by atoms with Gasteiger partial charge in [-0.15, -0.1) is 0 Å². The van der Waals surface area contributed by atoms with E-state index in [1.807, 2.05) is 19.2 Å². The molecule has 3 aromatic rings. The quantitative estimate of drug-likeness (QED) is 0.158. The van der Waals surface area contributed by atoms with Crippen LogP contribution in [0.5, 0.6) is 0 Å². The predicted octanol–water partition coefficient (Wildman–Crippen LogP) is 7.21. The minimum atomic E-state index is -0.230. The van der Waals surface area contributed by atoms with Crippen molar-refractivity contribution in [2.45, 2.75) is 123 Å². The lowest BCUT2D eigenvalue weighted by Crippen LogP contribution is -2.50. The Morgan fingerprint density at radius 1 is 0.981 bits per heavy atom. The number of ketones is 1. The van der Waals surface area contributed by atoms with Crippen LogP contribution >= 0.6 is 0 Å². The van der Waals surface area contributed by atoms with Gasteiger partial charge in [0.15, 0.2) is 0 Å². The van der Waals surface area contributed by atoms with Crippen LogP contribution in [0.3, 0.4) is 0 Å². The molecule has 7 rings (SSSR count). The fourth-order valence-electron chi connectivity index (χ4n) is 10.6. The molecule has 0 saturated carbocycles. The Balaban J connectivity index is 1.37. The number of benzene rings is 3. The largest absolute Gasteiger partial charge is 0.392 e. The monoisotopic (exact) mass is 728 g/mol. The van der Waals surface area contributed by atoms with E-state index in [1.165, 1.54) is 68.1 Å². The first-order chi connectivity index (χ1) is 25.8. The first kappa shape index (κ1) is 38.3. The molecule has 3 aliphatic heterocycles. The molecule has 286 valence electrons. The summed E-state index contributed by atoms with van der Waals surface area (Å²) in [6.07, 6.45) is 8.53. The molecule has 0 spiro atoms. The van der Waals surface area contributed by atoms with Gasteiger partial charge in [0.25, 0.3) is 5.91 Å². The van der Waals surface area contributed by atoms with Crippen molar-refractivity contribution in [2.24, 2.45) is 0 Å². The van der Waals surface area contributed by atoms with Crippen LogP contribution < -0.4 is 20.1 Å². The van der Waals surface area contributed by atoms with Crippen LogP contribution in [0.1, 0.15) is 148 Å². The van der Waals surface area contributed by atoms with Crippen LogP contribution in [0.15, 0.2) is 54.6 Å². The van der Waals surface area contributed by atoms with Crippen LogP contribution in [0.4, 0.5) is 5.69 Å². The van der Waals surface area contributed by atoms with Crippen molar-refractivity contribution in [2.75, 3.05) is 44.7 Å². The Labute approximate surface area is 323 Å². The number of aliphatic hydroxyl groups excluding tert-OH is 1. The molecular formula is C48H62N3O3+. The van der Waals surface area contributed by atoms with Crippen molar-refractivity contribution in [3.8, 4) is 0 Å². The van der Waals surface area contributed by atoms with Crippen LogP contribution in [-0.2, 0) is 23.1 Å². The molecule has 3 heterocycles. The fraction of sp³-hybridized carbons (Fsp3) is 0.521. The number of amides is 1. The van der Waals surface area contributed by atoms with Gasteiger partial charge < -0.3 is 14.9 Å². The number of anilines is 1. The highest BCUT2D eigenvalue weighted by atomic mass is 16.3. The lowest BCUT2D eigenvalue weighted by molar-refractivity contribution is -0.119. The molecule has 4 aliphatic rings. The first-order valence-corrected chi connectivity index (χ1v) is 20.7. The van der Waals surface area contributed by atoms with Crippen LogP contribution in [0.25, 0.3) is 5.57 Å². The van der Waals surface area contributed by atoms with Gasteiger partial charge in [0.2, 0.25) is 5.36 Å². The Morgan fingerprint density at radius 2 is 1.70 bits per heavy atom. The number of Topliss-reactive ketones (excluding diaryl/α,β-unsaturated/α-hetero) is 1. The molecule has 3 aromatic carbocycles. The zero-order valence-electron chi connectivity index (χ0n) is 34.0. The number of hydrogen-bond acceptors (Lipinski definition) is 4. The van der Waals surface area contributed by atoms with Gasteiger partial charge in [-0.3, -0.25) is 9.59 Å². The highest BCUT2D eigenvalue weighted by molar-refractivity contribution is 6.02. The molecule has 0 fully saturated rings. The van der Waals surface area contributed by atoms with E-state index in [1.54, 1.807) is 4.90 Å². The normalized spacial score (nSPS) is 19.0. The van der Waals surface area contributed by atoms with E-state index in [9.17, 15) is 14.7 Å². The average molecular weight is 729 g/mol. The lowest BCUT2D eigenvalue weighted by Gasteiger charge is -2.48. The zero-order valence-corrected chi connectivity index (χ0v) is 34.0. The molecule has 0 saturated heterocycles. The first-order valence-electron chi connectivity index (χ1n) is 20.7. The standard InChI is InChI=1S/C48H62N3O3/c1-9-51-42-28-41-39(27-38(42)32(3)29-47(51,4)5)43(40-26-33-17-13-24-50-25-15-22-37(45(33)50)44(40)48(41,6)7)35-20-10-11-21-36(35)46(54)49(8)23-14-19-34(53)18-12-16-31(2)30-52/h10-11,20-21,26-28,32,52H,2,9,12-19,22-25,29-30H2,1,3-8H3/q+1. The summed E-state index contributed by atoms with van der Waals surface area (Å²) in [7, 11) is 1.87. The van der Waals surface area contributed by atoms with E-state index in [0.717, 1.165) is 55.6 Å². The number of aryl methyl sites for hydroxylation is 1. The van der Waals surface area contributed by atoms with E-state index in [4.69, 9.17) is 0 Å². The third kappa shape index (κ3) is 6.67. The van der Waals surface area contributed by atoms with Gasteiger partial charge in [0, 0.05) is 79.2 Å². The Kier molecular flexibility index (Phi) is 10.6. The highest BCUT2D eigenvalue weighted by Gasteiger charge is 2.43.